The number of benzene rings is 2. The lowest BCUT2D eigenvalue weighted by Crippen LogP contribution is -2.19. The number of sulfonamides is 1. The summed E-state index contributed by atoms with van der Waals surface area (Å²) in [6.07, 6.45) is 1.34. The molecule has 1 unspecified atom stereocenters. The first-order valence-electron chi connectivity index (χ1n) is 9.19. The van der Waals surface area contributed by atoms with Crippen LogP contribution in [0.3, 0.4) is 0 Å². The average Bonchev–Trinajstić information content (AvgIpc) is 2.69. The molecule has 4 N–H and O–H groups in total. The van der Waals surface area contributed by atoms with Crippen molar-refractivity contribution in [3.8, 4) is 11.8 Å². The van der Waals surface area contributed by atoms with Crippen LogP contribution in [0.25, 0.3) is 0 Å². The van der Waals surface area contributed by atoms with E-state index in [1.165, 1.54) is 30.5 Å². The maximum atomic E-state index is 12.4. The van der Waals surface area contributed by atoms with Gasteiger partial charge < -0.3 is 15.4 Å². The van der Waals surface area contributed by atoms with E-state index in [1.54, 1.807) is 0 Å². The highest BCUT2D eigenvalue weighted by atomic mass is 32.2. The van der Waals surface area contributed by atoms with E-state index in [9.17, 15) is 18.5 Å². The van der Waals surface area contributed by atoms with Crippen molar-refractivity contribution >= 4 is 21.6 Å². The molecule has 1 atom stereocenters. The number of carbonyl (C=O) groups is 1. The van der Waals surface area contributed by atoms with E-state index in [2.05, 4.69) is 10.6 Å². The summed E-state index contributed by atoms with van der Waals surface area (Å²) in [5.41, 5.74) is 2.17. The van der Waals surface area contributed by atoms with Crippen molar-refractivity contribution in [3.05, 3.63) is 65.4 Å². The molecule has 8 nitrogen and oxygen atoms in total. The van der Waals surface area contributed by atoms with Gasteiger partial charge in [0.1, 0.15) is 17.4 Å². The summed E-state index contributed by atoms with van der Waals surface area (Å²) < 4.78 is 28.2. The number of amides is 1. The Hall–Kier alpha value is -3.35. The Morgan fingerprint density at radius 2 is 1.93 bits per heavy atom. The van der Waals surface area contributed by atoms with Crippen LogP contribution in [0.5, 0.6) is 5.75 Å². The van der Waals surface area contributed by atoms with Crippen molar-refractivity contribution in [1.82, 2.24) is 5.32 Å². The predicted molar refractivity (Wildman–Crippen MR) is 114 cm³/mol. The van der Waals surface area contributed by atoms with Gasteiger partial charge in [-0.25, -0.2) is 13.6 Å². The number of ether oxygens (including phenoxy) is 1. The second-order valence-electron chi connectivity index (χ2n) is 6.56. The number of nitrogens with zero attached hydrogens (tertiary/aromatic N) is 1. The summed E-state index contributed by atoms with van der Waals surface area (Å²) in [5, 5.41) is 20.0. The van der Waals surface area contributed by atoms with Gasteiger partial charge in [-0.2, -0.15) is 5.26 Å². The third-order valence-corrected chi connectivity index (χ3v) is 5.14. The highest BCUT2D eigenvalue weighted by Crippen LogP contribution is 2.26. The van der Waals surface area contributed by atoms with Crippen molar-refractivity contribution in [1.29, 1.82) is 5.26 Å². The maximum Gasteiger partial charge on any atom is 0.267 e. The molecular formula is C21H24N4O4S. The number of aryl methyl sites for hydroxylation is 1. The number of rotatable bonds is 8. The molecule has 0 aliphatic heterocycles. The monoisotopic (exact) mass is 428 g/mol. The molecule has 0 heterocycles. The zero-order valence-corrected chi connectivity index (χ0v) is 17.8. The molecular weight excluding hydrogens is 404 g/mol. The Balaban J connectivity index is 2.13. The summed E-state index contributed by atoms with van der Waals surface area (Å²) in [6.45, 7) is 6.29. The number of nitrogens with one attached hydrogen (secondary N) is 2. The van der Waals surface area contributed by atoms with E-state index < -0.39 is 15.9 Å². The summed E-state index contributed by atoms with van der Waals surface area (Å²) in [4.78, 5) is 12.3. The molecule has 1 amide bonds. The van der Waals surface area contributed by atoms with E-state index in [0.29, 0.717) is 12.3 Å². The molecule has 0 spiro atoms. The normalized spacial score (nSPS) is 12.6. The van der Waals surface area contributed by atoms with Gasteiger partial charge in [0.2, 0.25) is 10.0 Å². The molecule has 2 aromatic carbocycles. The minimum Gasteiger partial charge on any atom is -0.494 e. The zero-order valence-electron chi connectivity index (χ0n) is 17.0. The van der Waals surface area contributed by atoms with Crippen molar-refractivity contribution in [3.63, 3.8) is 0 Å². The van der Waals surface area contributed by atoms with Crippen LogP contribution in [0, 0.1) is 18.3 Å². The number of primary sulfonamides is 1. The Morgan fingerprint density at radius 3 is 2.50 bits per heavy atom. The number of nitriles is 1. The van der Waals surface area contributed by atoms with Gasteiger partial charge in [-0.15, -0.1) is 0 Å². The van der Waals surface area contributed by atoms with Gasteiger partial charge in [-0.3, -0.25) is 4.79 Å². The molecule has 0 radical (unpaired) electrons. The van der Waals surface area contributed by atoms with Crippen molar-refractivity contribution < 1.29 is 17.9 Å². The molecule has 0 bridgehead atoms. The van der Waals surface area contributed by atoms with Gasteiger partial charge in [-0.1, -0.05) is 17.7 Å². The summed E-state index contributed by atoms with van der Waals surface area (Å²) in [6, 6.07) is 12.8. The maximum absolute atomic E-state index is 12.4. The zero-order chi connectivity index (χ0) is 22.3. The Bertz CT molecular complexity index is 1090. The fourth-order valence-electron chi connectivity index (χ4n) is 2.67. The number of nitrogens with two attached hydrogens (primary N) is 1. The molecule has 0 saturated heterocycles. The smallest absolute Gasteiger partial charge is 0.267 e. The van der Waals surface area contributed by atoms with Gasteiger partial charge in [0.05, 0.1) is 17.5 Å². The van der Waals surface area contributed by atoms with Gasteiger partial charge in [0.25, 0.3) is 5.91 Å². The molecule has 2 rings (SSSR count). The first-order valence-corrected chi connectivity index (χ1v) is 10.7. The lowest BCUT2D eigenvalue weighted by atomic mass is 10.0. The third-order valence-electron chi connectivity index (χ3n) is 4.22. The number of hydrogen-bond acceptors (Lipinski definition) is 6. The van der Waals surface area contributed by atoms with Crippen molar-refractivity contribution in [2.24, 2.45) is 5.14 Å². The SMILES string of the molecule is CCOc1ccc(C)cc1C(C)N/C=C(/C#N)C(=O)Nc1ccc(S(N)(=O)=O)cc1. The number of anilines is 1. The number of hydrogen-bond donors (Lipinski definition) is 3. The molecule has 158 valence electrons. The lowest BCUT2D eigenvalue weighted by Gasteiger charge is -2.18. The molecule has 0 saturated carbocycles. The van der Waals surface area contributed by atoms with E-state index in [4.69, 9.17) is 9.88 Å². The minimum absolute atomic E-state index is 0.0738. The van der Waals surface area contributed by atoms with Crippen LogP contribution in [-0.4, -0.2) is 20.9 Å². The minimum atomic E-state index is -3.82. The van der Waals surface area contributed by atoms with Crippen LogP contribution in [0.15, 0.2) is 59.1 Å². The molecule has 2 aromatic rings. The second-order valence-corrected chi connectivity index (χ2v) is 8.12. The highest BCUT2D eigenvalue weighted by Gasteiger charge is 2.14. The fraction of sp³-hybridized carbons (Fsp3) is 0.238. The molecule has 0 aliphatic rings. The van der Waals surface area contributed by atoms with Gasteiger partial charge in [0, 0.05) is 17.5 Å². The summed E-state index contributed by atoms with van der Waals surface area (Å²) in [7, 11) is -3.82. The van der Waals surface area contributed by atoms with Crippen LogP contribution >= 0.6 is 0 Å². The summed E-state index contributed by atoms with van der Waals surface area (Å²) >= 11 is 0. The van der Waals surface area contributed by atoms with Crippen molar-refractivity contribution in [2.45, 2.75) is 31.7 Å². The van der Waals surface area contributed by atoms with Crippen LogP contribution in [0.4, 0.5) is 5.69 Å². The van der Waals surface area contributed by atoms with Crippen LogP contribution in [-0.2, 0) is 14.8 Å². The van der Waals surface area contributed by atoms with E-state index in [1.807, 2.05) is 45.0 Å². The van der Waals surface area contributed by atoms with Gasteiger partial charge >= 0.3 is 0 Å². The second kappa shape index (κ2) is 9.91. The highest BCUT2D eigenvalue weighted by molar-refractivity contribution is 7.89. The Morgan fingerprint density at radius 1 is 1.27 bits per heavy atom. The fourth-order valence-corrected chi connectivity index (χ4v) is 3.18. The first kappa shape index (κ1) is 22.9. The molecule has 0 aromatic heterocycles. The van der Waals surface area contributed by atoms with Crippen LogP contribution < -0.4 is 20.5 Å². The topological polar surface area (TPSA) is 134 Å². The largest absolute Gasteiger partial charge is 0.494 e. The molecule has 9 heteroatoms. The molecule has 0 fully saturated rings. The standard InChI is InChI=1S/C21H24N4O4S/c1-4-29-20-10-5-14(2)11-19(20)15(3)24-13-16(12-22)21(26)25-17-6-8-18(9-7-17)30(23,27)28/h5-11,13,15,24H,4H2,1-3H3,(H,25,26)(H2,23,27,28)/b16-13-. The molecule has 0 aliphatic carbocycles. The first-order chi connectivity index (χ1) is 14.2. The Labute approximate surface area is 176 Å². The van der Waals surface area contributed by atoms with E-state index >= 15 is 0 Å². The van der Waals surface area contributed by atoms with Gasteiger partial charge in [-0.05, 0) is 51.1 Å². The lowest BCUT2D eigenvalue weighted by molar-refractivity contribution is -0.112. The predicted octanol–water partition coefficient (Wildman–Crippen LogP) is 2.74. The van der Waals surface area contributed by atoms with Crippen molar-refractivity contribution in [2.75, 3.05) is 11.9 Å². The Kier molecular flexibility index (Phi) is 7.58. The number of carbonyl (C=O) groups excluding carboxylic acids is 1. The third kappa shape index (κ3) is 6.07. The van der Waals surface area contributed by atoms with Crippen LogP contribution in [0.2, 0.25) is 0 Å². The van der Waals surface area contributed by atoms with E-state index in [0.717, 1.165) is 16.9 Å². The summed E-state index contributed by atoms with van der Waals surface area (Å²) in [5.74, 6) is 0.101. The average molecular weight is 429 g/mol. The van der Waals surface area contributed by atoms with Gasteiger partial charge in [0.15, 0.2) is 0 Å². The van der Waals surface area contributed by atoms with Crippen LogP contribution in [0.1, 0.15) is 31.0 Å². The van der Waals surface area contributed by atoms with E-state index in [-0.39, 0.29) is 16.5 Å². The molecule has 30 heavy (non-hydrogen) atoms. The quantitative estimate of drug-likeness (QED) is 0.437.